The molecule has 2 heterocycles. The number of rotatable bonds is 0. The SMILES string of the molecule is C#Cc1ccc(N)nc1.Nc1ccccn1. The summed E-state index contributed by atoms with van der Waals surface area (Å²) in [6, 6.07) is 8.86. The highest BCUT2D eigenvalue weighted by Crippen LogP contribution is 1.97. The lowest BCUT2D eigenvalue weighted by Gasteiger charge is -1.89. The molecule has 0 aromatic carbocycles. The lowest BCUT2D eigenvalue weighted by molar-refractivity contribution is 1.32. The Morgan fingerprint density at radius 2 is 1.75 bits per heavy atom. The van der Waals surface area contributed by atoms with Crippen LogP contribution in [0.25, 0.3) is 0 Å². The lowest BCUT2D eigenvalue weighted by atomic mass is 10.3. The highest BCUT2D eigenvalue weighted by Gasteiger charge is 1.84. The predicted molar refractivity (Wildman–Crippen MR) is 65.2 cm³/mol. The van der Waals surface area contributed by atoms with E-state index in [1.54, 1.807) is 30.6 Å². The third kappa shape index (κ3) is 4.11. The van der Waals surface area contributed by atoms with Crippen LogP contribution in [0.5, 0.6) is 0 Å². The zero-order chi connectivity index (χ0) is 11.8. The fourth-order valence-electron chi connectivity index (χ4n) is 0.867. The Bertz CT molecular complexity index is 457. The maximum absolute atomic E-state index is 5.30. The number of terminal acetylenes is 1. The fourth-order valence-corrected chi connectivity index (χ4v) is 0.867. The summed E-state index contributed by atoms with van der Waals surface area (Å²) < 4.78 is 0. The van der Waals surface area contributed by atoms with Gasteiger partial charge in [-0.3, -0.25) is 0 Å². The maximum Gasteiger partial charge on any atom is 0.123 e. The van der Waals surface area contributed by atoms with Gasteiger partial charge in [-0.2, -0.15) is 0 Å². The number of aromatic nitrogens is 2. The Kier molecular flexibility index (Phi) is 4.35. The number of pyridine rings is 2. The minimum Gasteiger partial charge on any atom is -0.384 e. The van der Waals surface area contributed by atoms with Crippen LogP contribution in [0.4, 0.5) is 11.6 Å². The van der Waals surface area contributed by atoms with Gasteiger partial charge in [-0.15, -0.1) is 6.42 Å². The van der Waals surface area contributed by atoms with Gasteiger partial charge in [0.2, 0.25) is 0 Å². The highest BCUT2D eigenvalue weighted by molar-refractivity contribution is 5.36. The number of hydrogen-bond donors (Lipinski definition) is 2. The quantitative estimate of drug-likeness (QED) is 0.645. The standard InChI is InChI=1S/C7H6N2.C5H6N2/c1-2-6-3-4-7(8)9-5-6;6-5-3-1-2-4-7-5/h1,3-5H,(H2,8,9);1-4H,(H2,6,7). The molecule has 0 saturated heterocycles. The van der Waals surface area contributed by atoms with Crippen LogP contribution in [0, 0.1) is 12.3 Å². The number of nitrogens with two attached hydrogens (primary N) is 2. The first-order chi connectivity index (χ1) is 7.72. The molecule has 2 aromatic heterocycles. The number of nitrogens with zero attached hydrogens (tertiary/aromatic N) is 2. The molecular formula is C12H12N4. The molecule has 0 atom stereocenters. The van der Waals surface area contributed by atoms with Crippen molar-refractivity contribution in [3.63, 3.8) is 0 Å². The minimum atomic E-state index is 0.494. The van der Waals surface area contributed by atoms with Crippen LogP contribution in [0.3, 0.4) is 0 Å². The van der Waals surface area contributed by atoms with Crippen LogP contribution in [0.15, 0.2) is 42.7 Å². The lowest BCUT2D eigenvalue weighted by Crippen LogP contribution is -1.88. The molecule has 0 unspecified atom stereocenters. The molecule has 0 radical (unpaired) electrons. The van der Waals surface area contributed by atoms with Crippen LogP contribution in [-0.2, 0) is 0 Å². The summed E-state index contributed by atoms with van der Waals surface area (Å²) in [6.45, 7) is 0. The Morgan fingerprint density at radius 3 is 2.12 bits per heavy atom. The molecule has 0 aliphatic heterocycles. The monoisotopic (exact) mass is 212 g/mol. The van der Waals surface area contributed by atoms with Gasteiger partial charge < -0.3 is 11.5 Å². The van der Waals surface area contributed by atoms with E-state index < -0.39 is 0 Å². The molecule has 2 aromatic rings. The first-order valence-electron chi connectivity index (χ1n) is 4.57. The van der Waals surface area contributed by atoms with Crippen molar-refractivity contribution >= 4 is 11.6 Å². The van der Waals surface area contributed by atoms with Crippen molar-refractivity contribution in [1.29, 1.82) is 0 Å². The number of anilines is 2. The summed E-state index contributed by atoms with van der Waals surface area (Å²) in [4.78, 5) is 7.54. The van der Waals surface area contributed by atoms with E-state index in [1.807, 2.05) is 12.1 Å². The van der Waals surface area contributed by atoms with Gasteiger partial charge in [0.1, 0.15) is 11.6 Å². The molecule has 0 aliphatic carbocycles. The third-order valence-corrected chi connectivity index (χ3v) is 1.64. The van der Waals surface area contributed by atoms with Gasteiger partial charge in [-0.1, -0.05) is 12.0 Å². The van der Waals surface area contributed by atoms with Crippen molar-refractivity contribution < 1.29 is 0 Å². The van der Waals surface area contributed by atoms with Crippen molar-refractivity contribution in [2.75, 3.05) is 11.5 Å². The molecule has 0 saturated carbocycles. The molecule has 16 heavy (non-hydrogen) atoms. The van der Waals surface area contributed by atoms with E-state index in [2.05, 4.69) is 15.9 Å². The van der Waals surface area contributed by atoms with Crippen molar-refractivity contribution in [1.82, 2.24) is 9.97 Å². The fraction of sp³-hybridized carbons (Fsp3) is 0. The van der Waals surface area contributed by atoms with Crippen LogP contribution < -0.4 is 11.5 Å². The van der Waals surface area contributed by atoms with E-state index in [1.165, 1.54) is 0 Å². The van der Waals surface area contributed by atoms with Crippen molar-refractivity contribution in [3.8, 4) is 12.3 Å². The zero-order valence-corrected chi connectivity index (χ0v) is 8.67. The molecule has 4 N–H and O–H groups in total. The first kappa shape index (κ1) is 11.5. The molecule has 2 rings (SSSR count). The highest BCUT2D eigenvalue weighted by atomic mass is 14.8. The normalized spacial score (nSPS) is 8.44. The van der Waals surface area contributed by atoms with Crippen LogP contribution in [0.1, 0.15) is 5.56 Å². The van der Waals surface area contributed by atoms with Gasteiger partial charge in [0.05, 0.1) is 0 Å². The second kappa shape index (κ2) is 6.04. The Labute approximate surface area is 94.3 Å². The Hall–Kier alpha value is -2.54. The zero-order valence-electron chi connectivity index (χ0n) is 8.67. The number of nitrogen functional groups attached to an aromatic ring is 2. The second-order valence-corrected chi connectivity index (χ2v) is 2.87. The smallest absolute Gasteiger partial charge is 0.123 e. The van der Waals surface area contributed by atoms with E-state index in [0.717, 1.165) is 5.56 Å². The van der Waals surface area contributed by atoms with E-state index in [0.29, 0.717) is 11.6 Å². The topological polar surface area (TPSA) is 77.8 Å². The molecule has 0 bridgehead atoms. The van der Waals surface area contributed by atoms with Gasteiger partial charge in [0.25, 0.3) is 0 Å². The van der Waals surface area contributed by atoms with Crippen molar-refractivity contribution in [3.05, 3.63) is 48.3 Å². The van der Waals surface area contributed by atoms with E-state index in [-0.39, 0.29) is 0 Å². The van der Waals surface area contributed by atoms with Gasteiger partial charge in [-0.05, 0) is 24.3 Å². The summed E-state index contributed by atoms with van der Waals surface area (Å²) in [5.74, 6) is 3.50. The first-order valence-corrected chi connectivity index (χ1v) is 4.57. The average Bonchev–Trinajstić information content (AvgIpc) is 2.32. The number of hydrogen-bond acceptors (Lipinski definition) is 4. The van der Waals surface area contributed by atoms with Gasteiger partial charge in [0.15, 0.2) is 0 Å². The van der Waals surface area contributed by atoms with Gasteiger partial charge in [0, 0.05) is 18.0 Å². The Morgan fingerprint density at radius 1 is 1.00 bits per heavy atom. The molecular weight excluding hydrogens is 200 g/mol. The summed E-state index contributed by atoms with van der Waals surface area (Å²) in [6.07, 6.45) is 8.30. The molecule has 0 spiro atoms. The van der Waals surface area contributed by atoms with Crippen molar-refractivity contribution in [2.45, 2.75) is 0 Å². The predicted octanol–water partition coefficient (Wildman–Crippen LogP) is 1.31. The largest absolute Gasteiger partial charge is 0.384 e. The second-order valence-electron chi connectivity index (χ2n) is 2.87. The third-order valence-electron chi connectivity index (χ3n) is 1.64. The Balaban J connectivity index is 0.000000165. The van der Waals surface area contributed by atoms with Crippen molar-refractivity contribution in [2.24, 2.45) is 0 Å². The molecule has 0 aliphatic rings. The van der Waals surface area contributed by atoms with Crippen LogP contribution >= 0.6 is 0 Å². The summed E-state index contributed by atoms with van der Waals surface area (Å²) in [7, 11) is 0. The maximum atomic E-state index is 5.30. The summed E-state index contributed by atoms with van der Waals surface area (Å²) in [5, 5.41) is 0. The molecule has 0 amide bonds. The molecule has 0 fully saturated rings. The van der Waals surface area contributed by atoms with Crippen LogP contribution in [0.2, 0.25) is 0 Å². The minimum absolute atomic E-state index is 0.494. The van der Waals surface area contributed by atoms with E-state index >= 15 is 0 Å². The summed E-state index contributed by atoms with van der Waals surface area (Å²) >= 11 is 0. The average molecular weight is 212 g/mol. The molecule has 4 heteroatoms. The van der Waals surface area contributed by atoms with E-state index in [4.69, 9.17) is 17.9 Å². The molecule has 80 valence electrons. The van der Waals surface area contributed by atoms with Gasteiger partial charge in [-0.25, -0.2) is 9.97 Å². The summed E-state index contributed by atoms with van der Waals surface area (Å²) in [5.41, 5.74) is 11.3. The molecule has 4 nitrogen and oxygen atoms in total. The van der Waals surface area contributed by atoms with Crippen LogP contribution in [-0.4, -0.2) is 9.97 Å². The van der Waals surface area contributed by atoms with E-state index in [9.17, 15) is 0 Å². The van der Waals surface area contributed by atoms with Gasteiger partial charge >= 0.3 is 0 Å².